The van der Waals surface area contributed by atoms with Crippen molar-refractivity contribution in [1.82, 2.24) is 10.2 Å². The number of nitrogens with zero attached hydrogens (tertiary/aromatic N) is 1. The maximum absolute atomic E-state index is 10.9. The van der Waals surface area contributed by atoms with Crippen molar-refractivity contribution in [1.29, 1.82) is 0 Å². The quantitative estimate of drug-likeness (QED) is 0.595. The summed E-state index contributed by atoms with van der Waals surface area (Å²) in [6.07, 6.45) is 3.50. The Morgan fingerprint density at radius 2 is 2.08 bits per heavy atom. The zero-order valence-electron chi connectivity index (χ0n) is 7.83. The molecular weight excluding hydrogens is 166 g/mol. The lowest BCUT2D eigenvalue weighted by atomic mass is 10.1. The van der Waals surface area contributed by atoms with Gasteiger partial charge in [-0.3, -0.25) is 9.69 Å². The first-order valence-electron chi connectivity index (χ1n) is 5.04. The Balaban J connectivity index is 1.86. The third-order valence-electron chi connectivity index (χ3n) is 3.11. The van der Waals surface area contributed by atoms with Gasteiger partial charge in [0, 0.05) is 12.6 Å². The molecule has 2 saturated heterocycles. The van der Waals surface area contributed by atoms with Gasteiger partial charge >= 0.3 is 0 Å². The molecule has 2 aliphatic rings. The molecule has 2 rings (SSSR count). The van der Waals surface area contributed by atoms with Gasteiger partial charge in [0.05, 0.1) is 6.04 Å². The zero-order valence-corrected chi connectivity index (χ0v) is 7.83. The Labute approximate surface area is 78.5 Å². The lowest BCUT2D eigenvalue weighted by molar-refractivity contribution is -0.119. The largest absolute Gasteiger partial charge is 0.368 e. The second-order valence-corrected chi connectivity index (χ2v) is 4.00. The van der Waals surface area contributed by atoms with Gasteiger partial charge in [-0.25, -0.2) is 0 Å². The first kappa shape index (κ1) is 8.97. The monoisotopic (exact) mass is 183 g/mol. The second kappa shape index (κ2) is 3.64. The van der Waals surface area contributed by atoms with Gasteiger partial charge in [-0.05, 0) is 32.4 Å². The molecule has 2 fully saturated rings. The first-order valence-corrected chi connectivity index (χ1v) is 5.04. The summed E-state index contributed by atoms with van der Waals surface area (Å²) in [4.78, 5) is 13.4. The normalized spacial score (nSPS) is 35.4. The number of primary amides is 1. The highest BCUT2D eigenvalue weighted by Crippen LogP contribution is 2.18. The molecule has 0 radical (unpaired) electrons. The standard InChI is InChI=1S/C9H17N3O/c10-9(13)8-5-7(6-11-8)12-3-1-2-4-12/h7-8,11H,1-6H2,(H2,10,13). The molecule has 0 aromatic carbocycles. The third kappa shape index (κ3) is 1.84. The minimum atomic E-state index is -0.207. The first-order chi connectivity index (χ1) is 6.27. The Hall–Kier alpha value is -0.610. The molecule has 2 atom stereocenters. The molecule has 0 aliphatic carbocycles. The van der Waals surface area contributed by atoms with Crippen LogP contribution in [0.2, 0.25) is 0 Å². The molecule has 4 heteroatoms. The molecule has 0 spiro atoms. The van der Waals surface area contributed by atoms with E-state index < -0.39 is 0 Å². The summed E-state index contributed by atoms with van der Waals surface area (Å²) < 4.78 is 0. The number of carbonyl (C=O) groups is 1. The molecule has 0 aromatic rings. The van der Waals surface area contributed by atoms with Gasteiger partial charge in [0.1, 0.15) is 0 Å². The van der Waals surface area contributed by atoms with E-state index in [-0.39, 0.29) is 11.9 Å². The van der Waals surface area contributed by atoms with Crippen molar-refractivity contribution in [3.63, 3.8) is 0 Å². The average Bonchev–Trinajstić information content (AvgIpc) is 2.75. The lowest BCUT2D eigenvalue weighted by Crippen LogP contribution is -2.36. The van der Waals surface area contributed by atoms with Crippen molar-refractivity contribution < 1.29 is 4.79 Å². The molecule has 4 nitrogen and oxygen atoms in total. The number of carbonyl (C=O) groups excluding carboxylic acids is 1. The summed E-state index contributed by atoms with van der Waals surface area (Å²) in [7, 11) is 0. The molecule has 0 saturated carbocycles. The molecule has 2 heterocycles. The van der Waals surface area contributed by atoms with Crippen LogP contribution in [0.4, 0.5) is 0 Å². The summed E-state index contributed by atoms with van der Waals surface area (Å²) in [5.41, 5.74) is 5.24. The molecule has 2 unspecified atom stereocenters. The molecule has 13 heavy (non-hydrogen) atoms. The van der Waals surface area contributed by atoms with Crippen LogP contribution in [0.25, 0.3) is 0 Å². The SMILES string of the molecule is NC(=O)C1CC(N2CCCC2)CN1. The summed E-state index contributed by atoms with van der Waals surface area (Å²) in [6, 6.07) is 0.450. The number of nitrogens with two attached hydrogens (primary N) is 1. The van der Waals surface area contributed by atoms with Crippen LogP contribution in [-0.4, -0.2) is 42.5 Å². The van der Waals surface area contributed by atoms with E-state index in [2.05, 4.69) is 10.2 Å². The van der Waals surface area contributed by atoms with E-state index >= 15 is 0 Å². The van der Waals surface area contributed by atoms with E-state index in [1.165, 1.54) is 25.9 Å². The van der Waals surface area contributed by atoms with Gasteiger partial charge < -0.3 is 11.1 Å². The second-order valence-electron chi connectivity index (χ2n) is 4.00. The fraction of sp³-hybridized carbons (Fsp3) is 0.889. The van der Waals surface area contributed by atoms with Crippen LogP contribution < -0.4 is 11.1 Å². The van der Waals surface area contributed by atoms with Gasteiger partial charge in [-0.1, -0.05) is 0 Å². The maximum Gasteiger partial charge on any atom is 0.234 e. The fourth-order valence-corrected chi connectivity index (χ4v) is 2.32. The van der Waals surface area contributed by atoms with E-state index in [4.69, 9.17) is 5.73 Å². The fourth-order valence-electron chi connectivity index (χ4n) is 2.32. The number of nitrogens with one attached hydrogen (secondary N) is 1. The minimum absolute atomic E-state index is 0.0920. The van der Waals surface area contributed by atoms with Crippen molar-refractivity contribution in [3.05, 3.63) is 0 Å². The maximum atomic E-state index is 10.9. The van der Waals surface area contributed by atoms with Crippen molar-refractivity contribution in [3.8, 4) is 0 Å². The van der Waals surface area contributed by atoms with Gasteiger partial charge in [0.25, 0.3) is 0 Å². The minimum Gasteiger partial charge on any atom is -0.368 e. The summed E-state index contributed by atoms with van der Waals surface area (Å²) >= 11 is 0. The van der Waals surface area contributed by atoms with Crippen molar-refractivity contribution in [2.45, 2.75) is 31.3 Å². The number of hydrogen-bond acceptors (Lipinski definition) is 3. The van der Waals surface area contributed by atoms with Crippen LogP contribution in [0.15, 0.2) is 0 Å². The van der Waals surface area contributed by atoms with Crippen LogP contribution in [0.5, 0.6) is 0 Å². The molecule has 3 N–H and O–H groups in total. The summed E-state index contributed by atoms with van der Waals surface area (Å²) in [6.45, 7) is 3.31. The van der Waals surface area contributed by atoms with E-state index in [0.29, 0.717) is 6.04 Å². The molecule has 0 aromatic heterocycles. The third-order valence-corrected chi connectivity index (χ3v) is 3.11. The molecule has 1 amide bonds. The van der Waals surface area contributed by atoms with Crippen molar-refractivity contribution >= 4 is 5.91 Å². The number of rotatable bonds is 2. The Morgan fingerprint density at radius 3 is 2.62 bits per heavy atom. The van der Waals surface area contributed by atoms with Crippen LogP contribution in [0.1, 0.15) is 19.3 Å². The molecule has 0 bridgehead atoms. The van der Waals surface area contributed by atoms with Crippen LogP contribution in [0, 0.1) is 0 Å². The van der Waals surface area contributed by atoms with Crippen molar-refractivity contribution in [2.24, 2.45) is 5.73 Å². The average molecular weight is 183 g/mol. The van der Waals surface area contributed by atoms with Crippen LogP contribution in [-0.2, 0) is 4.79 Å². The lowest BCUT2D eigenvalue weighted by Gasteiger charge is -2.21. The molecule has 2 aliphatic heterocycles. The zero-order chi connectivity index (χ0) is 9.26. The van der Waals surface area contributed by atoms with E-state index in [0.717, 1.165) is 13.0 Å². The summed E-state index contributed by atoms with van der Waals surface area (Å²) in [5.74, 6) is -0.207. The highest BCUT2D eigenvalue weighted by atomic mass is 16.1. The van der Waals surface area contributed by atoms with Crippen LogP contribution >= 0.6 is 0 Å². The highest BCUT2D eigenvalue weighted by Gasteiger charge is 2.32. The number of amides is 1. The predicted molar refractivity (Wildman–Crippen MR) is 50.2 cm³/mol. The predicted octanol–water partition coefficient (Wildman–Crippen LogP) is -0.702. The Morgan fingerprint density at radius 1 is 1.38 bits per heavy atom. The molecular formula is C9H17N3O. The van der Waals surface area contributed by atoms with Gasteiger partial charge in [0.2, 0.25) is 5.91 Å². The Bertz CT molecular complexity index is 201. The van der Waals surface area contributed by atoms with Gasteiger partial charge in [-0.15, -0.1) is 0 Å². The van der Waals surface area contributed by atoms with E-state index in [1.807, 2.05) is 0 Å². The highest BCUT2D eigenvalue weighted by molar-refractivity contribution is 5.80. The number of hydrogen-bond donors (Lipinski definition) is 2. The van der Waals surface area contributed by atoms with Gasteiger partial charge in [-0.2, -0.15) is 0 Å². The Kier molecular flexibility index (Phi) is 2.51. The number of likely N-dealkylation sites (tertiary alicyclic amines) is 1. The smallest absolute Gasteiger partial charge is 0.234 e. The summed E-state index contributed by atoms with van der Waals surface area (Å²) in [5, 5.41) is 3.17. The van der Waals surface area contributed by atoms with Crippen LogP contribution in [0.3, 0.4) is 0 Å². The van der Waals surface area contributed by atoms with Crippen molar-refractivity contribution in [2.75, 3.05) is 19.6 Å². The van der Waals surface area contributed by atoms with E-state index in [9.17, 15) is 4.79 Å². The van der Waals surface area contributed by atoms with E-state index in [1.54, 1.807) is 0 Å². The van der Waals surface area contributed by atoms with Gasteiger partial charge in [0.15, 0.2) is 0 Å². The topological polar surface area (TPSA) is 58.4 Å². The molecule has 74 valence electrons.